The van der Waals surface area contributed by atoms with Crippen LogP contribution in [0.25, 0.3) is 0 Å². The maximum absolute atomic E-state index is 10.0. The summed E-state index contributed by atoms with van der Waals surface area (Å²) in [5, 5.41) is 4.99. The molecule has 2 N–H and O–H groups in total. The molecular formula is C6H9N2O2. The molecule has 0 aromatic carbocycles. The SMILES string of the molecule is O=[C]NC1(NC=O)CCC1. The second kappa shape index (κ2) is 2.68. The Morgan fingerprint density at radius 3 is 2.50 bits per heavy atom. The number of carbonyl (C=O) groups is 1. The van der Waals surface area contributed by atoms with Crippen LogP contribution in [-0.4, -0.2) is 18.5 Å². The van der Waals surface area contributed by atoms with Crippen molar-refractivity contribution in [2.24, 2.45) is 0 Å². The van der Waals surface area contributed by atoms with Crippen LogP contribution in [0.1, 0.15) is 19.3 Å². The summed E-state index contributed by atoms with van der Waals surface area (Å²) in [5.74, 6) is 0. The molecule has 1 rings (SSSR count). The number of rotatable bonds is 4. The molecule has 0 bridgehead atoms. The summed E-state index contributed by atoms with van der Waals surface area (Å²) in [4.78, 5) is 19.9. The molecule has 1 fully saturated rings. The summed E-state index contributed by atoms with van der Waals surface area (Å²) >= 11 is 0. The fourth-order valence-electron chi connectivity index (χ4n) is 1.05. The van der Waals surface area contributed by atoms with Crippen molar-refractivity contribution >= 4 is 12.8 Å². The number of hydrogen-bond acceptors (Lipinski definition) is 2. The molecule has 4 heteroatoms. The maximum Gasteiger partial charge on any atom is 0.311 e. The number of hydrogen-bond donors (Lipinski definition) is 2. The lowest BCUT2D eigenvalue weighted by atomic mass is 9.85. The van der Waals surface area contributed by atoms with Crippen LogP contribution in [0.4, 0.5) is 0 Å². The van der Waals surface area contributed by atoms with E-state index in [0.29, 0.717) is 6.41 Å². The first kappa shape index (κ1) is 7.05. The minimum absolute atomic E-state index is 0.469. The highest BCUT2D eigenvalue weighted by atomic mass is 16.1. The topological polar surface area (TPSA) is 58.2 Å². The van der Waals surface area contributed by atoms with Gasteiger partial charge in [-0.05, 0) is 19.3 Å². The van der Waals surface area contributed by atoms with Gasteiger partial charge in [-0.15, -0.1) is 0 Å². The standard InChI is InChI=1S/C6H9N2O2/c9-4-7-6(8-5-10)2-1-3-6/h4H,1-3H2,(H,7,9)(H,8,10). The van der Waals surface area contributed by atoms with E-state index in [0.717, 1.165) is 19.3 Å². The highest BCUT2D eigenvalue weighted by Crippen LogP contribution is 2.27. The van der Waals surface area contributed by atoms with E-state index in [1.54, 1.807) is 6.41 Å². The Morgan fingerprint density at radius 1 is 1.50 bits per heavy atom. The summed E-state index contributed by atoms with van der Waals surface area (Å²) in [5.41, 5.74) is -0.469. The van der Waals surface area contributed by atoms with E-state index in [4.69, 9.17) is 0 Å². The highest BCUT2D eigenvalue weighted by Gasteiger charge is 2.35. The van der Waals surface area contributed by atoms with Crippen LogP contribution >= 0.6 is 0 Å². The summed E-state index contributed by atoms with van der Waals surface area (Å²) < 4.78 is 0. The molecule has 0 unspecified atom stereocenters. The van der Waals surface area contributed by atoms with E-state index < -0.39 is 5.66 Å². The van der Waals surface area contributed by atoms with Crippen molar-refractivity contribution in [3.8, 4) is 0 Å². The minimum atomic E-state index is -0.469. The van der Waals surface area contributed by atoms with Crippen LogP contribution in [0.2, 0.25) is 0 Å². The fourth-order valence-corrected chi connectivity index (χ4v) is 1.05. The quantitative estimate of drug-likeness (QED) is 0.308. The molecule has 1 aliphatic carbocycles. The highest BCUT2D eigenvalue weighted by molar-refractivity contribution is 5.54. The maximum atomic E-state index is 10.0. The molecule has 1 radical (unpaired) electrons. The molecule has 1 saturated carbocycles. The van der Waals surface area contributed by atoms with Gasteiger partial charge in [0.05, 0.1) is 0 Å². The van der Waals surface area contributed by atoms with Crippen molar-refractivity contribution in [2.45, 2.75) is 24.9 Å². The van der Waals surface area contributed by atoms with Gasteiger partial charge in [-0.25, -0.2) is 0 Å². The Labute approximate surface area is 59.0 Å². The van der Waals surface area contributed by atoms with Crippen LogP contribution in [0.5, 0.6) is 0 Å². The molecule has 0 aliphatic heterocycles. The van der Waals surface area contributed by atoms with Crippen molar-refractivity contribution in [3.63, 3.8) is 0 Å². The minimum Gasteiger partial charge on any atom is -0.336 e. The third kappa shape index (κ3) is 1.10. The van der Waals surface area contributed by atoms with Gasteiger partial charge in [0, 0.05) is 0 Å². The van der Waals surface area contributed by atoms with Crippen molar-refractivity contribution < 1.29 is 9.59 Å². The molecule has 0 spiro atoms. The third-order valence-corrected chi connectivity index (χ3v) is 1.83. The molecule has 0 aromatic rings. The predicted molar refractivity (Wildman–Crippen MR) is 34.6 cm³/mol. The number of amides is 2. The first-order valence-electron chi connectivity index (χ1n) is 3.19. The van der Waals surface area contributed by atoms with E-state index in [-0.39, 0.29) is 0 Å². The Kier molecular flexibility index (Phi) is 1.89. The van der Waals surface area contributed by atoms with Gasteiger partial charge in [0.25, 0.3) is 0 Å². The average molecular weight is 141 g/mol. The molecular weight excluding hydrogens is 132 g/mol. The lowest BCUT2D eigenvalue weighted by Crippen LogP contribution is -2.60. The molecule has 4 nitrogen and oxygen atoms in total. The lowest BCUT2D eigenvalue weighted by Gasteiger charge is -2.40. The van der Waals surface area contributed by atoms with E-state index in [1.165, 1.54) is 0 Å². The second-order valence-corrected chi connectivity index (χ2v) is 2.42. The van der Waals surface area contributed by atoms with E-state index in [2.05, 4.69) is 10.6 Å². The van der Waals surface area contributed by atoms with Gasteiger partial charge >= 0.3 is 6.41 Å². The van der Waals surface area contributed by atoms with Crippen LogP contribution in [0.15, 0.2) is 0 Å². The van der Waals surface area contributed by atoms with Crippen LogP contribution in [0.3, 0.4) is 0 Å². The zero-order valence-electron chi connectivity index (χ0n) is 5.52. The van der Waals surface area contributed by atoms with Gasteiger partial charge in [-0.2, -0.15) is 0 Å². The van der Waals surface area contributed by atoms with Gasteiger partial charge in [-0.3, -0.25) is 9.59 Å². The Hall–Kier alpha value is -1.06. The molecule has 2 amide bonds. The monoisotopic (exact) mass is 141 g/mol. The fraction of sp³-hybridized carbons (Fsp3) is 0.667. The first-order chi connectivity index (χ1) is 4.83. The van der Waals surface area contributed by atoms with E-state index in [9.17, 15) is 9.59 Å². The molecule has 1 aliphatic rings. The summed E-state index contributed by atoms with van der Waals surface area (Å²) in [7, 11) is 0. The lowest BCUT2D eigenvalue weighted by molar-refractivity contribution is -0.112. The van der Waals surface area contributed by atoms with Gasteiger partial charge in [-0.1, -0.05) is 0 Å². The van der Waals surface area contributed by atoms with Crippen molar-refractivity contribution in [3.05, 3.63) is 0 Å². The average Bonchev–Trinajstić information content (AvgIpc) is 1.84. The molecule has 0 saturated heterocycles. The third-order valence-electron chi connectivity index (χ3n) is 1.83. The number of carbonyl (C=O) groups excluding carboxylic acids is 2. The number of nitrogens with one attached hydrogen (secondary N) is 2. The Morgan fingerprint density at radius 2 is 2.20 bits per heavy atom. The smallest absolute Gasteiger partial charge is 0.311 e. The molecule has 10 heavy (non-hydrogen) atoms. The van der Waals surface area contributed by atoms with Gasteiger partial charge in [0.15, 0.2) is 0 Å². The molecule has 0 aromatic heterocycles. The zero-order valence-corrected chi connectivity index (χ0v) is 5.52. The largest absolute Gasteiger partial charge is 0.336 e. The molecule has 55 valence electrons. The summed E-state index contributed by atoms with van der Waals surface area (Å²) in [6.45, 7) is 0. The second-order valence-electron chi connectivity index (χ2n) is 2.42. The Bertz CT molecular complexity index is 131. The van der Waals surface area contributed by atoms with Gasteiger partial charge in [0.2, 0.25) is 6.41 Å². The predicted octanol–water partition coefficient (Wildman–Crippen LogP) is -0.731. The van der Waals surface area contributed by atoms with Crippen LogP contribution in [-0.2, 0) is 9.59 Å². The van der Waals surface area contributed by atoms with Crippen molar-refractivity contribution in [2.75, 3.05) is 0 Å². The normalized spacial score (nSPS) is 20.4. The van der Waals surface area contributed by atoms with Gasteiger partial charge in [0.1, 0.15) is 5.66 Å². The Balaban J connectivity index is 2.41. The van der Waals surface area contributed by atoms with E-state index >= 15 is 0 Å². The molecule has 0 heterocycles. The van der Waals surface area contributed by atoms with Crippen LogP contribution in [0, 0.1) is 0 Å². The molecule has 0 atom stereocenters. The van der Waals surface area contributed by atoms with E-state index in [1.807, 2.05) is 0 Å². The van der Waals surface area contributed by atoms with Crippen molar-refractivity contribution in [1.29, 1.82) is 0 Å². The van der Waals surface area contributed by atoms with Crippen LogP contribution < -0.4 is 10.6 Å². The zero-order chi connectivity index (χ0) is 7.45. The van der Waals surface area contributed by atoms with Crippen molar-refractivity contribution in [1.82, 2.24) is 10.6 Å². The first-order valence-corrected chi connectivity index (χ1v) is 3.19. The summed E-state index contributed by atoms with van der Waals surface area (Å²) in [6, 6.07) is 0. The summed E-state index contributed by atoms with van der Waals surface area (Å²) in [6.07, 6.45) is 4.82. The van der Waals surface area contributed by atoms with Gasteiger partial charge < -0.3 is 10.6 Å².